The predicted octanol–water partition coefficient (Wildman–Crippen LogP) is 3.64. The summed E-state index contributed by atoms with van der Waals surface area (Å²) >= 11 is 5.28. The highest BCUT2D eigenvalue weighted by atomic mass is 32.2. The van der Waals surface area contributed by atoms with Gasteiger partial charge in [-0.15, -0.1) is 11.8 Å². The van der Waals surface area contributed by atoms with Crippen LogP contribution in [-0.2, 0) is 15.3 Å². The van der Waals surface area contributed by atoms with E-state index in [4.69, 9.17) is 0 Å². The number of benzene rings is 1. The average molecular weight is 399 g/mol. The molecule has 0 aliphatic heterocycles. The monoisotopic (exact) mass is 398 g/mol. The molecule has 0 bridgehead atoms. The standard InChI is InChI=1S/C19H30N2O3S2/c1-13(11-25)16(22)20-19(5,17(23)24)26-12-14-7-9-15(10-8-14)21(6)18(2,3)4/h7-10,13,25H,11-12H2,1-6H3,(H,20,22)(H,23,24)/t13?,19-/m0/s1. The summed E-state index contributed by atoms with van der Waals surface area (Å²) in [6.45, 7) is 9.67. The fourth-order valence-electron chi connectivity index (χ4n) is 2.02. The molecule has 0 aliphatic rings. The Morgan fingerprint density at radius 2 is 1.77 bits per heavy atom. The molecular weight excluding hydrogens is 368 g/mol. The van der Waals surface area contributed by atoms with Gasteiger partial charge in [0.25, 0.3) is 0 Å². The van der Waals surface area contributed by atoms with E-state index >= 15 is 0 Å². The molecule has 0 heterocycles. The summed E-state index contributed by atoms with van der Waals surface area (Å²) in [6.07, 6.45) is 0. The third-order valence-corrected chi connectivity index (χ3v) is 6.23. The van der Waals surface area contributed by atoms with Gasteiger partial charge in [0.2, 0.25) is 5.91 Å². The van der Waals surface area contributed by atoms with Crippen molar-refractivity contribution < 1.29 is 14.7 Å². The van der Waals surface area contributed by atoms with Crippen LogP contribution in [0.2, 0.25) is 0 Å². The Morgan fingerprint density at radius 3 is 2.19 bits per heavy atom. The molecule has 1 aromatic rings. The lowest BCUT2D eigenvalue weighted by molar-refractivity contribution is -0.143. The highest BCUT2D eigenvalue weighted by Gasteiger charge is 2.36. The van der Waals surface area contributed by atoms with Gasteiger partial charge in [0.05, 0.1) is 0 Å². The molecule has 0 saturated heterocycles. The number of rotatable bonds is 8. The number of carbonyl (C=O) groups is 2. The van der Waals surface area contributed by atoms with Crippen molar-refractivity contribution in [1.82, 2.24) is 5.32 Å². The third-order valence-electron chi connectivity index (χ3n) is 4.35. The second kappa shape index (κ2) is 9.04. The molecule has 5 nitrogen and oxygen atoms in total. The van der Waals surface area contributed by atoms with Gasteiger partial charge in [-0.25, -0.2) is 4.79 Å². The van der Waals surface area contributed by atoms with Gasteiger partial charge in [0, 0.05) is 35.7 Å². The van der Waals surface area contributed by atoms with Crippen LogP contribution in [0.5, 0.6) is 0 Å². The average Bonchev–Trinajstić information content (AvgIpc) is 2.58. The summed E-state index contributed by atoms with van der Waals surface area (Å²) in [5.74, 6) is -0.858. The molecule has 2 N–H and O–H groups in total. The van der Waals surface area contributed by atoms with Crippen molar-refractivity contribution >= 4 is 42.0 Å². The summed E-state index contributed by atoms with van der Waals surface area (Å²) in [6, 6.07) is 8.04. The highest BCUT2D eigenvalue weighted by Crippen LogP contribution is 2.29. The number of hydrogen-bond donors (Lipinski definition) is 3. The molecular formula is C19H30N2O3S2. The maximum atomic E-state index is 12.1. The van der Waals surface area contributed by atoms with Gasteiger partial charge in [-0.1, -0.05) is 19.1 Å². The Hall–Kier alpha value is -1.34. The Kier molecular flexibility index (Phi) is 7.89. The Labute approximate surface area is 166 Å². The first-order valence-electron chi connectivity index (χ1n) is 8.53. The number of carboxylic acid groups (broad SMARTS) is 1. The van der Waals surface area contributed by atoms with E-state index in [0.29, 0.717) is 11.5 Å². The molecule has 146 valence electrons. The smallest absolute Gasteiger partial charge is 0.339 e. The first-order valence-corrected chi connectivity index (χ1v) is 10.2. The van der Waals surface area contributed by atoms with Crippen LogP contribution in [-0.4, -0.2) is 40.2 Å². The zero-order valence-corrected chi connectivity index (χ0v) is 18.1. The van der Waals surface area contributed by atoms with Gasteiger partial charge in [0.1, 0.15) is 0 Å². The number of hydrogen-bond acceptors (Lipinski definition) is 5. The van der Waals surface area contributed by atoms with Crippen LogP contribution in [0.1, 0.15) is 40.2 Å². The van der Waals surface area contributed by atoms with E-state index < -0.39 is 10.8 Å². The van der Waals surface area contributed by atoms with Crippen LogP contribution in [0.25, 0.3) is 0 Å². The molecule has 1 rings (SSSR count). The normalized spacial score (nSPS) is 15.0. The number of nitrogens with zero attached hydrogens (tertiary/aromatic N) is 1. The second-order valence-electron chi connectivity index (χ2n) is 7.60. The zero-order valence-electron chi connectivity index (χ0n) is 16.4. The number of anilines is 1. The van der Waals surface area contributed by atoms with E-state index in [1.165, 1.54) is 18.7 Å². The fourth-order valence-corrected chi connectivity index (χ4v) is 3.13. The topological polar surface area (TPSA) is 69.6 Å². The number of nitrogens with one attached hydrogen (secondary N) is 1. The van der Waals surface area contributed by atoms with Crippen molar-refractivity contribution in [2.24, 2.45) is 5.92 Å². The van der Waals surface area contributed by atoms with E-state index in [9.17, 15) is 14.7 Å². The molecule has 0 saturated carbocycles. The maximum absolute atomic E-state index is 12.1. The van der Waals surface area contributed by atoms with Crippen LogP contribution >= 0.6 is 24.4 Å². The molecule has 0 aliphatic carbocycles. The Morgan fingerprint density at radius 1 is 1.23 bits per heavy atom. The van der Waals surface area contributed by atoms with Crippen molar-refractivity contribution in [2.45, 2.75) is 50.8 Å². The molecule has 1 aromatic carbocycles. The molecule has 2 atom stereocenters. The Bertz CT molecular complexity index is 629. The van der Waals surface area contributed by atoms with Crippen molar-refractivity contribution in [3.05, 3.63) is 29.8 Å². The van der Waals surface area contributed by atoms with Gasteiger partial charge >= 0.3 is 5.97 Å². The largest absolute Gasteiger partial charge is 0.479 e. The Balaban J connectivity index is 2.81. The van der Waals surface area contributed by atoms with E-state index in [2.05, 4.69) is 43.6 Å². The molecule has 0 aromatic heterocycles. The SMILES string of the molecule is CC(CS)C(=O)N[C@@](C)(SCc1ccc(N(C)C(C)(C)C)cc1)C(=O)O. The van der Waals surface area contributed by atoms with Crippen LogP contribution in [0.4, 0.5) is 5.69 Å². The lowest BCUT2D eigenvalue weighted by Crippen LogP contribution is -2.51. The number of amides is 1. The first-order chi connectivity index (χ1) is 11.9. The zero-order chi connectivity index (χ0) is 20.1. The van der Waals surface area contributed by atoms with Gasteiger partial charge in [0.15, 0.2) is 4.87 Å². The van der Waals surface area contributed by atoms with E-state index in [1.807, 2.05) is 31.3 Å². The number of aliphatic carboxylic acids is 1. The minimum atomic E-state index is -1.38. The van der Waals surface area contributed by atoms with Gasteiger partial charge in [-0.2, -0.15) is 12.6 Å². The van der Waals surface area contributed by atoms with Crippen LogP contribution in [0.15, 0.2) is 24.3 Å². The summed E-state index contributed by atoms with van der Waals surface area (Å²) in [4.78, 5) is 24.6. The summed E-state index contributed by atoms with van der Waals surface area (Å²) in [5, 5.41) is 12.2. The predicted molar refractivity (Wildman–Crippen MR) is 113 cm³/mol. The van der Waals surface area contributed by atoms with Crippen molar-refractivity contribution in [2.75, 3.05) is 17.7 Å². The number of thiol groups is 1. The maximum Gasteiger partial charge on any atom is 0.339 e. The first kappa shape index (κ1) is 22.7. The van der Waals surface area contributed by atoms with E-state index in [1.54, 1.807) is 6.92 Å². The van der Waals surface area contributed by atoms with E-state index in [0.717, 1.165) is 11.3 Å². The van der Waals surface area contributed by atoms with Crippen LogP contribution in [0, 0.1) is 5.92 Å². The summed E-state index contributed by atoms with van der Waals surface area (Å²) in [7, 11) is 2.05. The lowest BCUT2D eigenvalue weighted by atomic mass is 10.1. The minimum absolute atomic E-state index is 0.0200. The second-order valence-corrected chi connectivity index (χ2v) is 9.36. The van der Waals surface area contributed by atoms with E-state index in [-0.39, 0.29) is 17.4 Å². The quantitative estimate of drug-likeness (QED) is 0.461. The van der Waals surface area contributed by atoms with Gasteiger partial charge in [-0.3, -0.25) is 4.79 Å². The number of carbonyl (C=O) groups excluding carboxylic acids is 1. The minimum Gasteiger partial charge on any atom is -0.479 e. The summed E-state index contributed by atoms with van der Waals surface area (Å²) < 4.78 is 0. The van der Waals surface area contributed by atoms with Gasteiger partial charge in [-0.05, 0) is 45.4 Å². The molecule has 1 amide bonds. The third kappa shape index (κ3) is 6.13. The van der Waals surface area contributed by atoms with Crippen molar-refractivity contribution in [3.8, 4) is 0 Å². The van der Waals surface area contributed by atoms with Crippen molar-refractivity contribution in [1.29, 1.82) is 0 Å². The van der Waals surface area contributed by atoms with Gasteiger partial charge < -0.3 is 15.3 Å². The number of thioether (sulfide) groups is 1. The molecule has 0 spiro atoms. The molecule has 0 fully saturated rings. The van der Waals surface area contributed by atoms with Crippen LogP contribution < -0.4 is 10.2 Å². The molecule has 0 radical (unpaired) electrons. The number of carboxylic acids is 1. The fraction of sp³-hybridized carbons (Fsp3) is 0.579. The van der Waals surface area contributed by atoms with Crippen LogP contribution in [0.3, 0.4) is 0 Å². The van der Waals surface area contributed by atoms with Crippen molar-refractivity contribution in [3.63, 3.8) is 0 Å². The summed E-state index contributed by atoms with van der Waals surface area (Å²) in [5.41, 5.74) is 2.12. The molecule has 26 heavy (non-hydrogen) atoms. The lowest BCUT2D eigenvalue weighted by Gasteiger charge is -2.34. The highest BCUT2D eigenvalue weighted by molar-refractivity contribution is 8.00. The molecule has 1 unspecified atom stereocenters. The molecule has 7 heteroatoms.